The number of carbonyl (C=O) groups excluding carboxylic acids is 1. The van der Waals surface area contributed by atoms with Crippen LogP contribution in [0.15, 0.2) is 63.8 Å². The first-order chi connectivity index (χ1) is 16.4. The molecule has 0 fully saturated rings. The van der Waals surface area contributed by atoms with E-state index >= 15 is 0 Å². The molecule has 2 N–H and O–H groups in total. The molecule has 3 aromatic carbocycles. The zero-order valence-electron chi connectivity index (χ0n) is 18.3. The summed E-state index contributed by atoms with van der Waals surface area (Å²) in [6, 6.07) is 14.3. The summed E-state index contributed by atoms with van der Waals surface area (Å²) >= 11 is 0. The molecule has 0 bridgehead atoms. The monoisotopic (exact) mass is 460 g/mol. The van der Waals surface area contributed by atoms with Crippen LogP contribution in [0.4, 0.5) is 0 Å². The van der Waals surface area contributed by atoms with Crippen molar-refractivity contribution in [2.24, 2.45) is 0 Å². The topological polar surface area (TPSA) is 115 Å². The Bertz CT molecular complexity index is 1480. The lowest BCUT2D eigenvalue weighted by Crippen LogP contribution is -2.22. The Kier molecular flexibility index (Phi) is 5.13. The van der Waals surface area contributed by atoms with Gasteiger partial charge < -0.3 is 28.8 Å². The summed E-state index contributed by atoms with van der Waals surface area (Å²) in [7, 11) is 2.99. The van der Waals surface area contributed by atoms with Crippen LogP contribution in [-0.2, 0) is 4.79 Å². The third-order valence-corrected chi connectivity index (χ3v) is 5.91. The second-order valence-electron chi connectivity index (χ2n) is 7.88. The molecule has 0 spiro atoms. The molecule has 0 radical (unpaired) electrons. The van der Waals surface area contributed by atoms with Crippen LogP contribution in [0.3, 0.4) is 0 Å². The minimum Gasteiger partial charge on any atom is -0.507 e. The number of esters is 1. The second-order valence-corrected chi connectivity index (χ2v) is 7.88. The number of aromatic hydroxyl groups is 2. The predicted molar refractivity (Wildman–Crippen MR) is 123 cm³/mol. The van der Waals surface area contributed by atoms with E-state index in [9.17, 15) is 19.8 Å². The van der Waals surface area contributed by atoms with Gasteiger partial charge in [-0.3, -0.25) is 9.59 Å². The van der Waals surface area contributed by atoms with Crippen molar-refractivity contribution in [1.82, 2.24) is 0 Å². The molecule has 0 amide bonds. The van der Waals surface area contributed by atoms with Crippen LogP contribution >= 0.6 is 0 Å². The normalized spacial score (nSPS) is 15.0. The number of phenolic OH excluding ortho intramolecular Hbond substituents is 2. The first-order valence-electron chi connectivity index (χ1n) is 10.4. The van der Waals surface area contributed by atoms with E-state index in [-0.39, 0.29) is 46.1 Å². The van der Waals surface area contributed by atoms with Crippen molar-refractivity contribution >= 4 is 16.9 Å². The van der Waals surface area contributed by atoms with Gasteiger partial charge in [0, 0.05) is 29.2 Å². The van der Waals surface area contributed by atoms with E-state index in [4.69, 9.17) is 18.6 Å². The highest BCUT2D eigenvalue weighted by Crippen LogP contribution is 2.46. The third kappa shape index (κ3) is 3.49. The van der Waals surface area contributed by atoms with Crippen molar-refractivity contribution < 1.29 is 33.6 Å². The van der Waals surface area contributed by atoms with E-state index < -0.39 is 17.3 Å². The summed E-state index contributed by atoms with van der Waals surface area (Å²) < 4.78 is 21.9. The van der Waals surface area contributed by atoms with Crippen LogP contribution in [0.1, 0.15) is 23.5 Å². The number of rotatable bonds is 4. The van der Waals surface area contributed by atoms with E-state index in [1.807, 2.05) is 12.1 Å². The number of carbonyl (C=O) groups is 1. The second kappa shape index (κ2) is 8.15. The fraction of sp³-hybridized carbons (Fsp3) is 0.154. The highest BCUT2D eigenvalue weighted by atomic mass is 16.5. The lowest BCUT2D eigenvalue weighted by atomic mass is 9.85. The highest BCUT2D eigenvalue weighted by molar-refractivity contribution is 5.93. The molecule has 34 heavy (non-hydrogen) atoms. The van der Waals surface area contributed by atoms with E-state index in [1.165, 1.54) is 25.3 Å². The Morgan fingerprint density at radius 3 is 2.35 bits per heavy atom. The summed E-state index contributed by atoms with van der Waals surface area (Å²) in [6.07, 6.45) is 0.0243. The molecule has 2 heterocycles. The van der Waals surface area contributed by atoms with Gasteiger partial charge in [-0.2, -0.15) is 0 Å². The number of hydrogen-bond acceptors (Lipinski definition) is 8. The zero-order chi connectivity index (χ0) is 24.0. The molecule has 0 saturated heterocycles. The fourth-order valence-corrected chi connectivity index (χ4v) is 4.27. The quantitative estimate of drug-likeness (QED) is 0.342. The van der Waals surface area contributed by atoms with E-state index in [0.717, 1.165) is 5.56 Å². The number of phenols is 2. The van der Waals surface area contributed by atoms with Crippen molar-refractivity contribution in [2.45, 2.75) is 12.3 Å². The maximum absolute atomic E-state index is 13.0. The van der Waals surface area contributed by atoms with Crippen LogP contribution < -0.4 is 19.6 Å². The van der Waals surface area contributed by atoms with E-state index in [1.54, 1.807) is 31.4 Å². The van der Waals surface area contributed by atoms with Crippen molar-refractivity contribution in [3.63, 3.8) is 0 Å². The fourth-order valence-electron chi connectivity index (χ4n) is 4.27. The Hall–Kier alpha value is -4.46. The van der Waals surface area contributed by atoms with E-state index in [0.29, 0.717) is 16.9 Å². The van der Waals surface area contributed by atoms with Crippen LogP contribution in [-0.4, -0.2) is 30.4 Å². The number of hydrogen-bond donors (Lipinski definition) is 2. The van der Waals surface area contributed by atoms with Crippen molar-refractivity contribution in [2.75, 3.05) is 14.2 Å². The van der Waals surface area contributed by atoms with Gasteiger partial charge in [0.2, 0.25) is 0 Å². The number of ether oxygens (including phenoxy) is 3. The molecular formula is C26H20O8. The van der Waals surface area contributed by atoms with Crippen molar-refractivity contribution in [1.29, 1.82) is 0 Å². The van der Waals surface area contributed by atoms with Gasteiger partial charge in [-0.1, -0.05) is 12.1 Å². The van der Waals surface area contributed by atoms with Crippen molar-refractivity contribution in [3.05, 3.63) is 75.9 Å². The van der Waals surface area contributed by atoms with Crippen LogP contribution in [0.5, 0.6) is 28.7 Å². The smallest absolute Gasteiger partial charge is 0.312 e. The number of fused-ring (bicyclic) bond motifs is 3. The zero-order valence-corrected chi connectivity index (χ0v) is 18.3. The van der Waals surface area contributed by atoms with E-state index in [2.05, 4.69) is 0 Å². The highest BCUT2D eigenvalue weighted by Gasteiger charge is 2.33. The van der Waals surface area contributed by atoms with Gasteiger partial charge in [-0.05, 0) is 35.9 Å². The number of benzene rings is 3. The van der Waals surface area contributed by atoms with Gasteiger partial charge in [0.05, 0.1) is 20.6 Å². The van der Waals surface area contributed by atoms with Gasteiger partial charge in [-0.25, -0.2) is 0 Å². The molecule has 1 atom stereocenters. The lowest BCUT2D eigenvalue weighted by molar-refractivity contribution is -0.135. The van der Waals surface area contributed by atoms with Crippen molar-refractivity contribution in [3.8, 4) is 40.1 Å². The minimum atomic E-state index is -0.479. The van der Waals surface area contributed by atoms with Gasteiger partial charge in [0.15, 0.2) is 16.9 Å². The Balaban J connectivity index is 1.76. The van der Waals surface area contributed by atoms with Gasteiger partial charge >= 0.3 is 5.97 Å². The standard InChI is InChI=1S/C26H20O8/c1-31-15-6-3-13(4-7-15)16-10-23(30)33-22-12-19(29)25-18(28)11-21(34-26(25)24(16)22)14-5-8-20(32-2)17(27)9-14/h3-9,11-12,16,27,29H,10H2,1-2H3/t16-/m0/s1. The molecule has 1 aliphatic rings. The molecule has 1 aromatic heterocycles. The Morgan fingerprint density at radius 1 is 0.912 bits per heavy atom. The molecule has 0 saturated carbocycles. The SMILES string of the molecule is COc1ccc([C@@H]2CC(=O)Oc3cc(O)c4c(=O)cc(-c5ccc(OC)c(O)c5)oc4c32)cc1. The largest absolute Gasteiger partial charge is 0.507 e. The maximum atomic E-state index is 13.0. The number of methoxy groups -OCH3 is 2. The van der Waals surface area contributed by atoms with Gasteiger partial charge in [0.1, 0.15) is 34.0 Å². The minimum absolute atomic E-state index is 0.0169. The molecule has 8 heteroatoms. The summed E-state index contributed by atoms with van der Waals surface area (Å²) in [5, 5.41) is 20.7. The Morgan fingerprint density at radius 2 is 1.68 bits per heavy atom. The first kappa shape index (κ1) is 21.4. The third-order valence-electron chi connectivity index (χ3n) is 5.91. The molecular weight excluding hydrogens is 440 g/mol. The molecule has 0 unspecified atom stereocenters. The summed E-state index contributed by atoms with van der Waals surface area (Å²) in [6.45, 7) is 0. The Labute approximate surface area is 193 Å². The molecule has 5 rings (SSSR count). The molecule has 172 valence electrons. The van der Waals surface area contributed by atoms with Crippen LogP contribution in [0, 0.1) is 0 Å². The molecule has 8 nitrogen and oxygen atoms in total. The average Bonchev–Trinajstić information content (AvgIpc) is 2.83. The summed E-state index contributed by atoms with van der Waals surface area (Å²) in [5.41, 5.74) is 1.34. The van der Waals surface area contributed by atoms with Gasteiger partial charge in [-0.15, -0.1) is 0 Å². The van der Waals surface area contributed by atoms with Crippen LogP contribution in [0.25, 0.3) is 22.3 Å². The lowest BCUT2D eigenvalue weighted by Gasteiger charge is -2.26. The predicted octanol–water partition coefficient (Wildman–Crippen LogP) is 4.33. The summed E-state index contributed by atoms with van der Waals surface area (Å²) in [4.78, 5) is 25.4. The van der Waals surface area contributed by atoms with Gasteiger partial charge in [0.25, 0.3) is 0 Å². The molecule has 0 aliphatic carbocycles. The average molecular weight is 460 g/mol. The molecule has 1 aliphatic heterocycles. The summed E-state index contributed by atoms with van der Waals surface area (Å²) in [5.74, 6) is -0.188. The first-order valence-corrected chi connectivity index (χ1v) is 10.4. The molecule has 4 aromatic rings. The van der Waals surface area contributed by atoms with Crippen LogP contribution in [0.2, 0.25) is 0 Å². The maximum Gasteiger partial charge on any atom is 0.312 e.